The van der Waals surface area contributed by atoms with Crippen LogP contribution in [0.25, 0.3) is 6.08 Å². The minimum Gasteiger partial charge on any atom is -0.489 e. The van der Waals surface area contributed by atoms with Gasteiger partial charge in [-0.2, -0.15) is 0 Å². The molecular formula is C31H21BrCl2N2O5. The Bertz CT molecular complexity index is 1670. The molecule has 1 aliphatic heterocycles. The Morgan fingerprint density at radius 3 is 2.37 bits per heavy atom. The second-order valence-corrected chi connectivity index (χ2v) is 10.7. The van der Waals surface area contributed by atoms with E-state index in [1.165, 1.54) is 6.08 Å². The standard InChI is InChI=1S/C31H21BrCl2N2O5/c32-22-8-13-28(41-17-19-4-3-6-23(33)14-19)21(15-22)16-26-29(37)35-31(39)36(30(26)38)24-9-11-25(12-10-24)40-18-20-5-1-2-7-27(20)34/h1-16H,17-18H2,(H,35,37,39)/b26-16+. The van der Waals surface area contributed by atoms with E-state index >= 15 is 0 Å². The number of barbiturate groups is 1. The zero-order valence-corrected chi connectivity index (χ0v) is 24.4. The molecule has 1 fully saturated rings. The Kier molecular flexibility index (Phi) is 8.73. The molecule has 41 heavy (non-hydrogen) atoms. The molecule has 1 saturated heterocycles. The van der Waals surface area contributed by atoms with Crippen LogP contribution in [0.15, 0.2) is 101 Å². The summed E-state index contributed by atoms with van der Waals surface area (Å²) in [5.74, 6) is -0.633. The quantitative estimate of drug-likeness (QED) is 0.157. The minimum atomic E-state index is -0.853. The number of hydrogen-bond acceptors (Lipinski definition) is 5. The molecule has 0 bridgehead atoms. The number of anilines is 1. The summed E-state index contributed by atoms with van der Waals surface area (Å²) < 4.78 is 12.5. The molecule has 1 N–H and O–H groups in total. The highest BCUT2D eigenvalue weighted by molar-refractivity contribution is 9.10. The van der Waals surface area contributed by atoms with Gasteiger partial charge in [-0.1, -0.05) is 69.5 Å². The van der Waals surface area contributed by atoms with Gasteiger partial charge in [0.2, 0.25) is 0 Å². The van der Waals surface area contributed by atoms with E-state index in [0.29, 0.717) is 31.6 Å². The first-order chi connectivity index (χ1) is 19.8. The van der Waals surface area contributed by atoms with Crippen LogP contribution in [0, 0.1) is 0 Å². The van der Waals surface area contributed by atoms with Crippen LogP contribution in [-0.4, -0.2) is 17.8 Å². The average Bonchev–Trinajstić information content (AvgIpc) is 2.95. The van der Waals surface area contributed by atoms with Crippen molar-refractivity contribution in [3.63, 3.8) is 0 Å². The van der Waals surface area contributed by atoms with Gasteiger partial charge in [-0.25, -0.2) is 9.69 Å². The largest absolute Gasteiger partial charge is 0.489 e. The summed E-state index contributed by atoms with van der Waals surface area (Å²) in [6, 6.07) is 25.3. The van der Waals surface area contributed by atoms with Crippen LogP contribution in [0.1, 0.15) is 16.7 Å². The summed E-state index contributed by atoms with van der Waals surface area (Å²) in [6.45, 7) is 0.464. The van der Waals surface area contributed by atoms with E-state index in [-0.39, 0.29) is 24.5 Å². The molecule has 0 atom stereocenters. The number of carbonyl (C=O) groups is 3. The molecule has 0 unspecified atom stereocenters. The maximum Gasteiger partial charge on any atom is 0.335 e. The summed E-state index contributed by atoms with van der Waals surface area (Å²) >= 11 is 15.7. The number of nitrogens with one attached hydrogen (secondary N) is 1. The van der Waals surface area contributed by atoms with Gasteiger partial charge in [-0.3, -0.25) is 14.9 Å². The Labute approximate surface area is 254 Å². The highest BCUT2D eigenvalue weighted by Gasteiger charge is 2.37. The lowest BCUT2D eigenvalue weighted by molar-refractivity contribution is -0.122. The van der Waals surface area contributed by atoms with E-state index in [4.69, 9.17) is 32.7 Å². The van der Waals surface area contributed by atoms with Crippen molar-refractivity contribution < 1.29 is 23.9 Å². The fraction of sp³-hybridized carbons (Fsp3) is 0.0645. The molecular weight excluding hydrogens is 631 g/mol. The SMILES string of the molecule is O=C1NC(=O)N(c2ccc(OCc3ccccc3Cl)cc2)C(=O)/C1=C/c1cc(Br)ccc1OCc1cccc(Cl)c1. The predicted molar refractivity (Wildman–Crippen MR) is 161 cm³/mol. The monoisotopic (exact) mass is 650 g/mol. The van der Waals surface area contributed by atoms with E-state index in [1.807, 2.05) is 30.3 Å². The molecule has 1 heterocycles. The van der Waals surface area contributed by atoms with Crippen LogP contribution in [0.3, 0.4) is 0 Å². The van der Waals surface area contributed by atoms with Gasteiger partial charge >= 0.3 is 6.03 Å². The highest BCUT2D eigenvalue weighted by Crippen LogP contribution is 2.30. The number of ether oxygens (including phenoxy) is 2. The molecule has 4 aromatic carbocycles. The van der Waals surface area contributed by atoms with Crippen LogP contribution in [0.4, 0.5) is 10.5 Å². The van der Waals surface area contributed by atoms with Gasteiger partial charge in [-0.15, -0.1) is 0 Å². The number of rotatable bonds is 8. The van der Waals surface area contributed by atoms with Crippen molar-refractivity contribution in [2.24, 2.45) is 0 Å². The number of amides is 4. The van der Waals surface area contributed by atoms with Crippen molar-refractivity contribution in [1.29, 1.82) is 0 Å². The molecule has 5 rings (SSSR count). The first kappa shape index (κ1) is 28.4. The van der Waals surface area contributed by atoms with Crippen LogP contribution >= 0.6 is 39.1 Å². The van der Waals surface area contributed by atoms with E-state index in [0.717, 1.165) is 16.0 Å². The molecule has 0 spiro atoms. The van der Waals surface area contributed by atoms with Gasteiger partial charge in [0.25, 0.3) is 11.8 Å². The third-order valence-corrected chi connectivity index (χ3v) is 7.20. The van der Waals surface area contributed by atoms with Gasteiger partial charge in [-0.05, 0) is 72.3 Å². The fourth-order valence-corrected chi connectivity index (χ4v) is 4.85. The zero-order chi connectivity index (χ0) is 28.9. The zero-order valence-electron chi connectivity index (χ0n) is 21.3. The van der Waals surface area contributed by atoms with Gasteiger partial charge in [0.1, 0.15) is 30.3 Å². The molecule has 7 nitrogen and oxygen atoms in total. The number of benzene rings is 4. The van der Waals surface area contributed by atoms with Gasteiger partial charge in [0.15, 0.2) is 0 Å². The Balaban J connectivity index is 1.36. The van der Waals surface area contributed by atoms with Crippen LogP contribution in [0.5, 0.6) is 11.5 Å². The number of hydrogen-bond donors (Lipinski definition) is 1. The molecule has 1 aliphatic rings. The number of carbonyl (C=O) groups excluding carboxylic acids is 3. The Morgan fingerprint density at radius 1 is 0.829 bits per heavy atom. The summed E-state index contributed by atoms with van der Waals surface area (Å²) in [6.07, 6.45) is 1.40. The summed E-state index contributed by atoms with van der Waals surface area (Å²) in [5.41, 5.74) is 2.18. The van der Waals surface area contributed by atoms with E-state index in [2.05, 4.69) is 21.2 Å². The van der Waals surface area contributed by atoms with E-state index in [9.17, 15) is 14.4 Å². The molecule has 0 saturated carbocycles. The van der Waals surface area contributed by atoms with Crippen molar-refractivity contribution in [2.75, 3.05) is 4.90 Å². The normalized spacial score (nSPS) is 14.3. The predicted octanol–water partition coefficient (Wildman–Crippen LogP) is 7.58. The van der Waals surface area contributed by atoms with Gasteiger partial charge in [0, 0.05) is 25.6 Å². The minimum absolute atomic E-state index is 0.216. The van der Waals surface area contributed by atoms with Crippen molar-refractivity contribution in [3.8, 4) is 11.5 Å². The lowest BCUT2D eigenvalue weighted by Gasteiger charge is -2.26. The number of urea groups is 1. The first-order valence-electron chi connectivity index (χ1n) is 12.3. The lowest BCUT2D eigenvalue weighted by Crippen LogP contribution is -2.54. The fourth-order valence-electron chi connectivity index (χ4n) is 4.07. The molecule has 206 valence electrons. The maximum atomic E-state index is 13.5. The molecule has 4 aromatic rings. The van der Waals surface area contributed by atoms with Crippen molar-refractivity contribution in [2.45, 2.75) is 13.2 Å². The van der Waals surface area contributed by atoms with Crippen molar-refractivity contribution >= 4 is 68.7 Å². The Hall–Kier alpha value is -4.11. The van der Waals surface area contributed by atoms with E-state index in [1.54, 1.807) is 60.7 Å². The molecule has 0 aromatic heterocycles. The number of nitrogens with zero attached hydrogens (tertiary/aromatic N) is 1. The van der Waals surface area contributed by atoms with Crippen molar-refractivity contribution in [3.05, 3.63) is 128 Å². The molecule has 10 heteroatoms. The molecule has 4 amide bonds. The van der Waals surface area contributed by atoms with Crippen LogP contribution < -0.4 is 19.7 Å². The number of halogens is 3. The lowest BCUT2D eigenvalue weighted by atomic mass is 10.1. The van der Waals surface area contributed by atoms with Crippen LogP contribution in [0.2, 0.25) is 10.0 Å². The second kappa shape index (κ2) is 12.6. The maximum absolute atomic E-state index is 13.5. The number of imide groups is 2. The van der Waals surface area contributed by atoms with E-state index < -0.39 is 17.8 Å². The topological polar surface area (TPSA) is 84.9 Å². The second-order valence-electron chi connectivity index (χ2n) is 8.93. The van der Waals surface area contributed by atoms with Gasteiger partial charge < -0.3 is 9.47 Å². The average molecular weight is 652 g/mol. The summed E-state index contributed by atoms with van der Waals surface area (Å²) in [5, 5.41) is 3.41. The third kappa shape index (κ3) is 6.79. The molecule has 0 aliphatic carbocycles. The third-order valence-electron chi connectivity index (χ3n) is 6.10. The van der Waals surface area contributed by atoms with Gasteiger partial charge in [0.05, 0.1) is 5.69 Å². The highest BCUT2D eigenvalue weighted by atomic mass is 79.9. The molecule has 0 radical (unpaired) electrons. The summed E-state index contributed by atoms with van der Waals surface area (Å²) in [4.78, 5) is 39.8. The Morgan fingerprint density at radius 2 is 1.61 bits per heavy atom. The van der Waals surface area contributed by atoms with Crippen LogP contribution in [-0.2, 0) is 22.8 Å². The first-order valence-corrected chi connectivity index (χ1v) is 13.9. The summed E-state index contributed by atoms with van der Waals surface area (Å²) in [7, 11) is 0. The van der Waals surface area contributed by atoms with Crippen molar-refractivity contribution in [1.82, 2.24) is 5.32 Å². The smallest absolute Gasteiger partial charge is 0.335 e.